The van der Waals surface area contributed by atoms with Crippen LogP contribution in [0.25, 0.3) is 0 Å². The van der Waals surface area contributed by atoms with Gasteiger partial charge in [-0.3, -0.25) is 9.69 Å². The number of carbonyl (C=O) groups excluding carboxylic acids is 1. The zero-order valence-corrected chi connectivity index (χ0v) is 17.2. The van der Waals surface area contributed by atoms with Gasteiger partial charge >= 0.3 is 0 Å². The van der Waals surface area contributed by atoms with Crippen LogP contribution in [-0.2, 0) is 24.3 Å². The average Bonchev–Trinajstić information content (AvgIpc) is 2.68. The van der Waals surface area contributed by atoms with Gasteiger partial charge in [-0.1, -0.05) is 29.8 Å². The van der Waals surface area contributed by atoms with Crippen LogP contribution >= 0.6 is 11.6 Å². The first-order valence-electron chi connectivity index (χ1n) is 9.74. The molecule has 0 atom stereocenters. The topological polar surface area (TPSA) is 50.8 Å². The van der Waals surface area contributed by atoms with Crippen LogP contribution in [0.4, 0.5) is 0 Å². The fraction of sp³-hybridized carbons (Fsp3) is 0.409. The predicted molar refractivity (Wildman–Crippen MR) is 111 cm³/mol. The Hall–Kier alpha value is -2.24. The lowest BCUT2D eigenvalue weighted by molar-refractivity contribution is -0.122. The maximum Gasteiger partial charge on any atom is 0.234 e. The predicted octanol–water partition coefficient (Wildman–Crippen LogP) is 3.81. The number of fused-ring (bicyclic) bond motifs is 1. The number of nitrogens with one attached hydrogen (secondary N) is 1. The molecule has 1 heterocycles. The molecule has 6 heteroatoms. The molecule has 150 valence electrons. The third-order valence-corrected chi connectivity index (χ3v) is 5.13. The molecule has 1 aliphatic rings. The van der Waals surface area contributed by atoms with E-state index in [-0.39, 0.29) is 5.91 Å². The number of hydrogen-bond acceptors (Lipinski definition) is 4. The molecule has 0 aliphatic carbocycles. The summed E-state index contributed by atoms with van der Waals surface area (Å²) in [6, 6.07) is 11.7. The second kappa shape index (κ2) is 9.80. The standard InChI is InChI=1S/C22H27ClN2O3/c1-3-27-20-11-16-9-10-25(14-18(16)12-21(20)28-4-2)15-22(26)24-13-17-7-5-6-8-19(17)23/h5-8,11-12H,3-4,9-10,13-15H2,1-2H3,(H,24,26). The minimum Gasteiger partial charge on any atom is -0.490 e. The van der Waals surface area contributed by atoms with E-state index in [1.165, 1.54) is 11.1 Å². The van der Waals surface area contributed by atoms with Gasteiger partial charge in [0.05, 0.1) is 19.8 Å². The summed E-state index contributed by atoms with van der Waals surface area (Å²) in [4.78, 5) is 14.5. The molecule has 0 bridgehead atoms. The summed E-state index contributed by atoms with van der Waals surface area (Å²) in [5.41, 5.74) is 3.38. The average molecular weight is 403 g/mol. The smallest absolute Gasteiger partial charge is 0.234 e. The van der Waals surface area contributed by atoms with E-state index < -0.39 is 0 Å². The van der Waals surface area contributed by atoms with Crippen LogP contribution < -0.4 is 14.8 Å². The molecule has 1 aliphatic heterocycles. The van der Waals surface area contributed by atoms with Crippen LogP contribution in [0.3, 0.4) is 0 Å². The minimum atomic E-state index is -0.000613. The first kappa shape index (κ1) is 20.5. The summed E-state index contributed by atoms with van der Waals surface area (Å²) in [7, 11) is 0. The highest BCUT2D eigenvalue weighted by Crippen LogP contribution is 2.33. The van der Waals surface area contributed by atoms with Gasteiger partial charge in [0.15, 0.2) is 11.5 Å². The molecule has 5 nitrogen and oxygen atoms in total. The van der Waals surface area contributed by atoms with E-state index in [4.69, 9.17) is 21.1 Å². The van der Waals surface area contributed by atoms with E-state index >= 15 is 0 Å². The van der Waals surface area contributed by atoms with Gasteiger partial charge in [0.25, 0.3) is 0 Å². The van der Waals surface area contributed by atoms with Crippen molar-refractivity contribution in [1.29, 1.82) is 0 Å². The monoisotopic (exact) mass is 402 g/mol. The second-order valence-corrected chi connectivity index (χ2v) is 7.17. The van der Waals surface area contributed by atoms with Gasteiger partial charge in [0.2, 0.25) is 5.91 Å². The number of benzene rings is 2. The van der Waals surface area contributed by atoms with Gasteiger partial charge in [-0.05, 0) is 55.2 Å². The van der Waals surface area contributed by atoms with E-state index in [9.17, 15) is 4.79 Å². The highest BCUT2D eigenvalue weighted by molar-refractivity contribution is 6.31. The zero-order valence-electron chi connectivity index (χ0n) is 16.5. The molecule has 3 rings (SSSR count). The van der Waals surface area contributed by atoms with Crippen LogP contribution in [0, 0.1) is 0 Å². The molecular formula is C22H27ClN2O3. The van der Waals surface area contributed by atoms with Crippen LogP contribution in [0.5, 0.6) is 11.5 Å². The lowest BCUT2D eigenvalue weighted by atomic mass is 9.98. The van der Waals surface area contributed by atoms with Crippen LogP contribution in [0.15, 0.2) is 36.4 Å². The number of nitrogens with zero attached hydrogens (tertiary/aromatic N) is 1. The quantitative estimate of drug-likeness (QED) is 0.729. The number of amides is 1. The van der Waals surface area contributed by atoms with Gasteiger partial charge in [-0.2, -0.15) is 0 Å². The largest absolute Gasteiger partial charge is 0.490 e. The first-order chi connectivity index (χ1) is 13.6. The molecule has 28 heavy (non-hydrogen) atoms. The molecule has 0 saturated heterocycles. The fourth-order valence-corrected chi connectivity index (χ4v) is 3.59. The summed E-state index contributed by atoms with van der Waals surface area (Å²) < 4.78 is 11.5. The van der Waals surface area contributed by atoms with Gasteiger partial charge < -0.3 is 14.8 Å². The van der Waals surface area contributed by atoms with Crippen molar-refractivity contribution >= 4 is 17.5 Å². The molecule has 0 saturated carbocycles. The minimum absolute atomic E-state index is 0.000613. The van der Waals surface area contributed by atoms with E-state index in [0.717, 1.165) is 36.6 Å². The van der Waals surface area contributed by atoms with Crippen molar-refractivity contribution in [2.75, 3.05) is 26.3 Å². The van der Waals surface area contributed by atoms with E-state index in [1.54, 1.807) is 0 Å². The Bertz CT molecular complexity index is 825. The Morgan fingerprint density at radius 3 is 2.46 bits per heavy atom. The van der Waals surface area contributed by atoms with Crippen molar-refractivity contribution in [2.45, 2.75) is 33.4 Å². The molecule has 1 amide bonds. The molecule has 0 radical (unpaired) electrons. The SMILES string of the molecule is CCOc1cc2c(cc1OCC)CN(CC(=O)NCc1ccccc1Cl)CC2. The number of halogens is 1. The zero-order chi connectivity index (χ0) is 19.9. The Labute approximate surface area is 171 Å². The first-order valence-corrected chi connectivity index (χ1v) is 10.1. The molecular weight excluding hydrogens is 376 g/mol. The molecule has 1 N–H and O–H groups in total. The summed E-state index contributed by atoms with van der Waals surface area (Å²) in [5.74, 6) is 1.57. The summed E-state index contributed by atoms with van der Waals surface area (Å²) >= 11 is 6.15. The normalized spacial score (nSPS) is 13.7. The number of rotatable bonds is 8. The lowest BCUT2D eigenvalue weighted by Gasteiger charge is -2.29. The summed E-state index contributed by atoms with van der Waals surface area (Å²) in [6.07, 6.45) is 0.888. The van der Waals surface area contributed by atoms with Crippen molar-refractivity contribution in [3.8, 4) is 11.5 Å². The Kier molecular flexibility index (Phi) is 7.18. The van der Waals surface area contributed by atoms with E-state index in [0.29, 0.717) is 31.3 Å². The van der Waals surface area contributed by atoms with Crippen molar-refractivity contribution in [3.05, 3.63) is 58.1 Å². The summed E-state index contributed by atoms with van der Waals surface area (Å²) in [5, 5.41) is 3.63. The van der Waals surface area contributed by atoms with Crippen LogP contribution in [0.1, 0.15) is 30.5 Å². The maximum atomic E-state index is 12.4. The van der Waals surface area contributed by atoms with E-state index in [1.807, 2.05) is 38.1 Å². The molecule has 2 aromatic carbocycles. The molecule has 0 aromatic heterocycles. The Balaban J connectivity index is 1.60. The van der Waals surface area contributed by atoms with Crippen LogP contribution in [-0.4, -0.2) is 37.1 Å². The highest BCUT2D eigenvalue weighted by Gasteiger charge is 2.21. The highest BCUT2D eigenvalue weighted by atomic mass is 35.5. The lowest BCUT2D eigenvalue weighted by Crippen LogP contribution is -2.39. The van der Waals surface area contributed by atoms with Crippen molar-refractivity contribution in [3.63, 3.8) is 0 Å². The van der Waals surface area contributed by atoms with Crippen molar-refractivity contribution in [2.24, 2.45) is 0 Å². The van der Waals surface area contributed by atoms with Gasteiger partial charge in [0, 0.05) is 24.7 Å². The molecule has 2 aromatic rings. The number of carbonyl (C=O) groups is 1. The summed E-state index contributed by atoms with van der Waals surface area (Å²) in [6.45, 7) is 7.50. The molecule has 0 fully saturated rings. The maximum absolute atomic E-state index is 12.4. The fourth-order valence-electron chi connectivity index (χ4n) is 3.39. The molecule has 0 spiro atoms. The van der Waals surface area contributed by atoms with Crippen LogP contribution in [0.2, 0.25) is 5.02 Å². The number of ether oxygens (including phenoxy) is 2. The van der Waals surface area contributed by atoms with E-state index in [2.05, 4.69) is 22.3 Å². The van der Waals surface area contributed by atoms with Crippen molar-refractivity contribution < 1.29 is 14.3 Å². The second-order valence-electron chi connectivity index (χ2n) is 6.76. The Morgan fingerprint density at radius 1 is 1.11 bits per heavy atom. The van der Waals surface area contributed by atoms with Gasteiger partial charge in [-0.15, -0.1) is 0 Å². The van der Waals surface area contributed by atoms with Gasteiger partial charge in [0.1, 0.15) is 0 Å². The van der Waals surface area contributed by atoms with Crippen molar-refractivity contribution in [1.82, 2.24) is 10.2 Å². The number of hydrogen-bond donors (Lipinski definition) is 1. The Morgan fingerprint density at radius 2 is 1.79 bits per heavy atom. The third kappa shape index (κ3) is 5.18. The third-order valence-electron chi connectivity index (χ3n) is 4.76. The van der Waals surface area contributed by atoms with Gasteiger partial charge in [-0.25, -0.2) is 0 Å². The molecule has 0 unspecified atom stereocenters.